The van der Waals surface area contributed by atoms with Gasteiger partial charge in [0, 0.05) is 43.9 Å². The fourth-order valence-electron chi connectivity index (χ4n) is 7.41. The number of fused-ring (bicyclic) bond motifs is 2. The molecule has 14 heteroatoms. The average molecular weight is 842 g/mol. The minimum Gasteiger partial charge on any atom is -0.496 e. The van der Waals surface area contributed by atoms with Crippen molar-refractivity contribution in [2.24, 2.45) is 0 Å². The summed E-state index contributed by atoms with van der Waals surface area (Å²) < 4.78 is 23.4. The number of carbonyl (C=O) groups excluding carboxylic acids is 3. The van der Waals surface area contributed by atoms with Gasteiger partial charge in [-0.3, -0.25) is 9.69 Å². The summed E-state index contributed by atoms with van der Waals surface area (Å²) in [6.45, 7) is 15.9. The van der Waals surface area contributed by atoms with Gasteiger partial charge in [-0.05, 0) is 122 Å². The second-order valence-corrected chi connectivity index (χ2v) is 19.0. The van der Waals surface area contributed by atoms with Crippen molar-refractivity contribution >= 4 is 58.2 Å². The van der Waals surface area contributed by atoms with Gasteiger partial charge in [0.2, 0.25) is 0 Å². The molecule has 2 bridgehead atoms. The number of hydrogen-bond acceptors (Lipinski definition) is 9. The van der Waals surface area contributed by atoms with E-state index in [-0.39, 0.29) is 25.0 Å². The smallest absolute Gasteiger partial charge is 0.411 e. The number of nitrogens with zero attached hydrogens (tertiary/aromatic N) is 4. The third kappa shape index (κ3) is 10.2. The standard InChI is InChI=1S/C43H54Cl2N4O7S/c1-25-18-31(44)38(32(45)19-25)54-17-11-14-36-46-21-35(57-36)30-20-29-23-47(40(51)55-42(3,4)5)24-33(49(29)41(52)56-43(6,7)8)37(30)39(50)48(28-15-16-28)22-27-12-10-13-34(53-9)26(27)2/h10,12-13,18-19,21,28-29,33H,11,14-17,20,22-24H2,1-9H3. The van der Waals surface area contributed by atoms with E-state index >= 15 is 4.79 Å². The maximum absolute atomic E-state index is 15.4. The summed E-state index contributed by atoms with van der Waals surface area (Å²) in [6.07, 6.45) is 4.18. The quantitative estimate of drug-likeness (QED) is 0.176. The van der Waals surface area contributed by atoms with Crippen LogP contribution in [0, 0.1) is 13.8 Å². The summed E-state index contributed by atoms with van der Waals surface area (Å²) in [5.74, 6) is 1.04. The van der Waals surface area contributed by atoms with E-state index in [0.717, 1.165) is 50.7 Å². The number of piperazine rings is 1. The molecule has 2 atom stereocenters. The normalized spacial score (nSPS) is 18.4. The Balaban J connectivity index is 1.37. The fraction of sp³-hybridized carbons (Fsp3) is 0.535. The monoisotopic (exact) mass is 840 g/mol. The van der Waals surface area contributed by atoms with Gasteiger partial charge in [0.15, 0.2) is 5.75 Å². The van der Waals surface area contributed by atoms with E-state index < -0.39 is 35.5 Å². The van der Waals surface area contributed by atoms with Gasteiger partial charge in [-0.25, -0.2) is 14.6 Å². The molecule has 308 valence electrons. The molecule has 11 nitrogen and oxygen atoms in total. The molecule has 2 aromatic carbocycles. The van der Waals surface area contributed by atoms with E-state index in [2.05, 4.69) is 0 Å². The zero-order chi connectivity index (χ0) is 41.4. The highest BCUT2D eigenvalue weighted by Crippen LogP contribution is 2.44. The van der Waals surface area contributed by atoms with Crippen LogP contribution in [0.4, 0.5) is 9.59 Å². The van der Waals surface area contributed by atoms with Gasteiger partial charge >= 0.3 is 12.2 Å². The largest absolute Gasteiger partial charge is 0.496 e. The Bertz CT molecular complexity index is 2010. The van der Waals surface area contributed by atoms with Crippen molar-refractivity contribution in [3.8, 4) is 11.5 Å². The zero-order valence-corrected chi connectivity index (χ0v) is 36.7. The van der Waals surface area contributed by atoms with Gasteiger partial charge in [0.05, 0.1) is 45.7 Å². The number of benzene rings is 2. The zero-order valence-electron chi connectivity index (χ0n) is 34.4. The van der Waals surface area contributed by atoms with Crippen molar-refractivity contribution in [3.05, 3.63) is 78.7 Å². The molecule has 3 heterocycles. The molecule has 1 saturated carbocycles. The molecule has 2 fully saturated rings. The summed E-state index contributed by atoms with van der Waals surface area (Å²) in [6, 6.07) is 8.27. The van der Waals surface area contributed by atoms with Crippen molar-refractivity contribution in [2.75, 3.05) is 26.8 Å². The van der Waals surface area contributed by atoms with Crippen molar-refractivity contribution < 1.29 is 33.3 Å². The Morgan fingerprint density at radius 2 is 1.63 bits per heavy atom. The number of aryl methyl sites for hydroxylation is 2. The molecule has 2 unspecified atom stereocenters. The Hall–Kier alpha value is -4.00. The van der Waals surface area contributed by atoms with Crippen LogP contribution in [0.2, 0.25) is 10.0 Å². The summed E-state index contributed by atoms with van der Waals surface area (Å²) >= 11 is 14.3. The third-order valence-corrected chi connectivity index (χ3v) is 11.8. The van der Waals surface area contributed by atoms with Crippen LogP contribution in [0.3, 0.4) is 0 Å². The van der Waals surface area contributed by atoms with Crippen LogP contribution in [-0.4, -0.2) is 93.9 Å². The van der Waals surface area contributed by atoms with Crippen molar-refractivity contribution in [3.63, 3.8) is 0 Å². The number of amides is 3. The van der Waals surface area contributed by atoms with Crippen molar-refractivity contribution in [1.29, 1.82) is 0 Å². The molecule has 0 radical (unpaired) electrons. The Kier molecular flexibility index (Phi) is 12.8. The summed E-state index contributed by atoms with van der Waals surface area (Å²) in [5, 5.41) is 1.82. The minimum atomic E-state index is -0.794. The molecule has 1 saturated heterocycles. The maximum atomic E-state index is 15.4. The van der Waals surface area contributed by atoms with Crippen LogP contribution in [0.5, 0.6) is 11.5 Å². The molecule has 0 spiro atoms. The highest BCUT2D eigenvalue weighted by atomic mass is 35.5. The number of ether oxygens (including phenoxy) is 4. The molecule has 3 aliphatic rings. The summed E-state index contributed by atoms with van der Waals surface area (Å²) in [5.41, 5.74) is 2.70. The van der Waals surface area contributed by atoms with Crippen molar-refractivity contribution in [2.45, 2.75) is 123 Å². The van der Waals surface area contributed by atoms with Crippen molar-refractivity contribution in [1.82, 2.24) is 19.7 Å². The van der Waals surface area contributed by atoms with Gasteiger partial charge < -0.3 is 28.7 Å². The molecule has 1 aromatic heterocycles. The highest BCUT2D eigenvalue weighted by molar-refractivity contribution is 7.12. The number of halogens is 2. The number of carbonyl (C=O) groups is 3. The van der Waals surface area contributed by atoms with Gasteiger partial charge in [-0.15, -0.1) is 11.3 Å². The van der Waals surface area contributed by atoms with E-state index in [9.17, 15) is 9.59 Å². The molecule has 0 N–H and O–H groups in total. The lowest BCUT2D eigenvalue weighted by Gasteiger charge is -2.51. The lowest BCUT2D eigenvalue weighted by atomic mass is 9.83. The average Bonchev–Trinajstić information content (AvgIpc) is 3.84. The van der Waals surface area contributed by atoms with Crippen LogP contribution in [0.15, 0.2) is 42.1 Å². The molecule has 3 amide bonds. The van der Waals surface area contributed by atoms with Gasteiger partial charge in [0.1, 0.15) is 17.0 Å². The number of hydrogen-bond donors (Lipinski definition) is 0. The van der Waals surface area contributed by atoms with Crippen LogP contribution in [-0.2, 0) is 27.2 Å². The lowest BCUT2D eigenvalue weighted by Crippen LogP contribution is -2.66. The second-order valence-electron chi connectivity index (χ2n) is 17.1. The summed E-state index contributed by atoms with van der Waals surface area (Å²) in [7, 11) is 1.64. The topological polar surface area (TPSA) is 111 Å². The minimum absolute atomic E-state index is 0.0302. The van der Waals surface area contributed by atoms with Gasteiger partial charge in [-0.1, -0.05) is 35.3 Å². The predicted molar refractivity (Wildman–Crippen MR) is 223 cm³/mol. The molecular weight excluding hydrogens is 787 g/mol. The fourth-order valence-corrected chi connectivity index (χ4v) is 9.14. The predicted octanol–water partition coefficient (Wildman–Crippen LogP) is 9.66. The first kappa shape index (κ1) is 42.6. The molecule has 57 heavy (non-hydrogen) atoms. The van der Waals surface area contributed by atoms with E-state index in [0.29, 0.717) is 53.8 Å². The van der Waals surface area contributed by atoms with E-state index in [1.165, 1.54) is 11.3 Å². The molecule has 1 aliphatic carbocycles. The molecule has 2 aliphatic heterocycles. The lowest BCUT2D eigenvalue weighted by molar-refractivity contribution is -0.129. The van der Waals surface area contributed by atoms with Gasteiger partial charge in [0.25, 0.3) is 5.91 Å². The first-order valence-electron chi connectivity index (χ1n) is 19.5. The van der Waals surface area contributed by atoms with Crippen LogP contribution >= 0.6 is 34.5 Å². The first-order valence-corrected chi connectivity index (χ1v) is 21.1. The molecule has 3 aromatic rings. The number of thiazole rings is 1. The first-order chi connectivity index (χ1) is 26.8. The molecular formula is C43H54Cl2N4O7S. The summed E-state index contributed by atoms with van der Waals surface area (Å²) in [4.78, 5) is 54.1. The number of aromatic nitrogens is 1. The highest BCUT2D eigenvalue weighted by Gasteiger charge is 2.51. The van der Waals surface area contributed by atoms with Crippen LogP contribution in [0.25, 0.3) is 5.57 Å². The van der Waals surface area contributed by atoms with Crippen LogP contribution < -0.4 is 9.47 Å². The van der Waals surface area contributed by atoms with E-state index in [1.807, 2.05) is 96.8 Å². The number of rotatable bonds is 11. The molecule has 6 rings (SSSR count). The van der Waals surface area contributed by atoms with E-state index in [4.69, 9.17) is 47.1 Å². The second kappa shape index (κ2) is 17.1. The van der Waals surface area contributed by atoms with E-state index in [1.54, 1.807) is 16.9 Å². The Morgan fingerprint density at radius 3 is 2.26 bits per heavy atom. The maximum Gasteiger partial charge on any atom is 0.411 e. The van der Waals surface area contributed by atoms with Crippen LogP contribution in [0.1, 0.15) is 93.8 Å². The Morgan fingerprint density at radius 1 is 0.965 bits per heavy atom. The number of methoxy groups -OCH3 is 1. The SMILES string of the molecule is COc1cccc(CN(C(=O)C2=C(c3cnc(CCCOc4c(Cl)cc(C)cc4Cl)s3)CC3CN(C(=O)OC(C)(C)C)CC2N3C(=O)OC(C)(C)C)C2CC2)c1C. The Labute approximate surface area is 350 Å². The third-order valence-electron chi connectivity index (χ3n) is 10.1. The van der Waals surface area contributed by atoms with Gasteiger partial charge in [-0.2, -0.15) is 0 Å².